The van der Waals surface area contributed by atoms with Gasteiger partial charge in [-0.2, -0.15) is 0 Å². The molecule has 0 amide bonds. The van der Waals surface area contributed by atoms with Crippen LogP contribution in [0.4, 0.5) is 0 Å². The van der Waals surface area contributed by atoms with Crippen LogP contribution in [0.15, 0.2) is 61.2 Å². The normalized spacial score (nSPS) is 25.2. The van der Waals surface area contributed by atoms with Gasteiger partial charge in [0.05, 0.1) is 18.7 Å². The minimum Gasteiger partial charge on any atom is -0.497 e. The van der Waals surface area contributed by atoms with E-state index < -0.39 is 6.10 Å². The highest BCUT2D eigenvalue weighted by atomic mass is 16.5. The van der Waals surface area contributed by atoms with Crippen molar-refractivity contribution in [3.8, 4) is 16.9 Å². The lowest BCUT2D eigenvalue weighted by Gasteiger charge is -2.50. The monoisotopic (exact) mass is 442 g/mol. The number of aromatic nitrogens is 1. The van der Waals surface area contributed by atoms with E-state index in [4.69, 9.17) is 9.72 Å². The van der Waals surface area contributed by atoms with Gasteiger partial charge in [-0.25, -0.2) is 0 Å². The van der Waals surface area contributed by atoms with Gasteiger partial charge in [0.2, 0.25) is 0 Å². The Balaban J connectivity index is 1.72. The summed E-state index contributed by atoms with van der Waals surface area (Å²) in [4.78, 5) is 7.57. The van der Waals surface area contributed by atoms with E-state index in [1.165, 1.54) is 6.42 Å². The summed E-state index contributed by atoms with van der Waals surface area (Å²) in [6, 6.07) is 16.6. The molecule has 4 heteroatoms. The lowest BCUT2D eigenvalue weighted by molar-refractivity contribution is -0.0443. The lowest BCUT2D eigenvalue weighted by Crippen LogP contribution is -2.54. The number of aliphatic hydroxyl groups excluding tert-OH is 1. The number of pyridine rings is 1. The van der Waals surface area contributed by atoms with Crippen molar-refractivity contribution in [1.29, 1.82) is 0 Å². The molecule has 6 rings (SSSR count). The summed E-state index contributed by atoms with van der Waals surface area (Å²) < 4.78 is 5.57. The number of aliphatic hydroxyl groups is 1. The Morgan fingerprint density at radius 1 is 1.24 bits per heavy atom. The average molecular weight is 443 g/mol. The summed E-state index contributed by atoms with van der Waals surface area (Å²) in [5.74, 6) is 1.92. The van der Waals surface area contributed by atoms with Gasteiger partial charge in [-0.05, 0) is 61.4 Å². The van der Waals surface area contributed by atoms with Gasteiger partial charge >= 0.3 is 0 Å². The number of aryl methyl sites for hydroxylation is 1. The van der Waals surface area contributed by atoms with Crippen LogP contribution in [0.2, 0.25) is 0 Å². The van der Waals surface area contributed by atoms with Crippen molar-refractivity contribution >= 4 is 10.9 Å². The Kier molecular flexibility index (Phi) is 6.22. The predicted octanol–water partition coefficient (Wildman–Crippen LogP) is 5.79. The van der Waals surface area contributed by atoms with Crippen molar-refractivity contribution in [2.75, 3.05) is 20.2 Å². The number of piperidine rings is 3. The number of benzene rings is 2. The molecule has 2 aromatic carbocycles. The van der Waals surface area contributed by atoms with Crippen molar-refractivity contribution in [1.82, 2.24) is 9.88 Å². The number of nitrogens with zero attached hydrogens (tertiary/aromatic N) is 2. The Morgan fingerprint density at radius 2 is 2.06 bits per heavy atom. The fourth-order valence-electron chi connectivity index (χ4n) is 6.00. The molecular formula is C29H34N2O2. The molecule has 4 heterocycles. The van der Waals surface area contributed by atoms with Crippen molar-refractivity contribution in [2.24, 2.45) is 11.8 Å². The first kappa shape index (κ1) is 22.1. The van der Waals surface area contributed by atoms with Crippen LogP contribution in [0.25, 0.3) is 22.0 Å². The zero-order chi connectivity index (χ0) is 22.9. The SMILES string of the molecule is C=C[C@H]1CN2CCC1C[C@H]2[C@H](O)c1c(-c2ccccc2)c(CCC)nc2ccc(OC)cc12. The lowest BCUT2D eigenvalue weighted by atomic mass is 9.73. The van der Waals surface area contributed by atoms with Crippen molar-refractivity contribution < 1.29 is 9.84 Å². The maximum absolute atomic E-state index is 12.1. The molecule has 3 saturated heterocycles. The van der Waals surface area contributed by atoms with Gasteiger partial charge in [-0.15, -0.1) is 6.58 Å². The number of methoxy groups -OCH3 is 1. The molecule has 4 nitrogen and oxygen atoms in total. The van der Waals surface area contributed by atoms with E-state index in [0.717, 1.165) is 71.4 Å². The van der Waals surface area contributed by atoms with Crippen molar-refractivity contribution in [3.05, 3.63) is 72.4 Å². The number of ether oxygens (including phenoxy) is 1. The van der Waals surface area contributed by atoms with Gasteiger partial charge in [0.25, 0.3) is 0 Å². The summed E-state index contributed by atoms with van der Waals surface area (Å²) in [6.45, 7) is 8.29. The standard InChI is InChI=1S/C29H34N2O2/c1-4-9-25-27(20-10-7-6-8-11-20)28(23-17-22(33-3)12-13-24(23)30-25)29(32)26-16-21-14-15-31(26)18-19(21)5-2/h5-8,10-13,17,19,21,26,29,32H,2,4,9,14-16,18H2,1,3H3/t19-,21?,26-,29-/m0/s1. The van der Waals surface area contributed by atoms with Crippen LogP contribution >= 0.6 is 0 Å². The van der Waals surface area contributed by atoms with Gasteiger partial charge in [-0.3, -0.25) is 9.88 Å². The largest absolute Gasteiger partial charge is 0.497 e. The summed E-state index contributed by atoms with van der Waals surface area (Å²) in [5, 5.41) is 13.1. The Morgan fingerprint density at radius 3 is 2.73 bits per heavy atom. The molecular weight excluding hydrogens is 408 g/mol. The quantitative estimate of drug-likeness (QED) is 0.470. The van der Waals surface area contributed by atoms with Gasteiger partial charge in [0, 0.05) is 34.8 Å². The van der Waals surface area contributed by atoms with E-state index in [2.05, 4.69) is 48.7 Å². The molecule has 1 aromatic heterocycles. The third-order valence-corrected chi connectivity index (χ3v) is 7.67. The maximum atomic E-state index is 12.1. The molecule has 0 aliphatic carbocycles. The Labute approximate surface area is 196 Å². The van der Waals surface area contributed by atoms with Crippen molar-refractivity contribution in [3.63, 3.8) is 0 Å². The highest BCUT2D eigenvalue weighted by molar-refractivity contribution is 5.91. The summed E-state index contributed by atoms with van der Waals surface area (Å²) in [7, 11) is 1.69. The first-order valence-corrected chi connectivity index (χ1v) is 12.2. The van der Waals surface area contributed by atoms with E-state index in [0.29, 0.717) is 11.8 Å². The minimum absolute atomic E-state index is 0.105. The van der Waals surface area contributed by atoms with Crippen LogP contribution in [-0.4, -0.2) is 41.2 Å². The average Bonchev–Trinajstić information content (AvgIpc) is 2.88. The van der Waals surface area contributed by atoms with E-state index >= 15 is 0 Å². The Hall–Kier alpha value is -2.69. The van der Waals surface area contributed by atoms with Gasteiger partial charge in [0.15, 0.2) is 0 Å². The second kappa shape index (κ2) is 9.28. The molecule has 0 radical (unpaired) electrons. The summed E-state index contributed by atoms with van der Waals surface area (Å²) in [6.07, 6.45) is 5.59. The van der Waals surface area contributed by atoms with Crippen LogP contribution in [0, 0.1) is 11.8 Å². The number of rotatable bonds is 7. The fourth-order valence-corrected chi connectivity index (χ4v) is 6.00. The van der Waals surface area contributed by atoms with Gasteiger partial charge in [-0.1, -0.05) is 49.8 Å². The number of fused-ring (bicyclic) bond motifs is 4. The zero-order valence-corrected chi connectivity index (χ0v) is 19.7. The van der Waals surface area contributed by atoms with Crippen LogP contribution < -0.4 is 4.74 Å². The molecule has 3 aromatic rings. The summed E-state index contributed by atoms with van der Waals surface area (Å²) in [5.41, 5.74) is 5.20. The number of hydrogen-bond donors (Lipinski definition) is 1. The summed E-state index contributed by atoms with van der Waals surface area (Å²) >= 11 is 0. The maximum Gasteiger partial charge on any atom is 0.119 e. The third-order valence-electron chi connectivity index (χ3n) is 7.67. The molecule has 2 unspecified atom stereocenters. The molecule has 0 spiro atoms. The predicted molar refractivity (Wildman–Crippen MR) is 134 cm³/mol. The molecule has 172 valence electrons. The smallest absolute Gasteiger partial charge is 0.119 e. The Bertz CT molecular complexity index is 1140. The molecule has 1 N–H and O–H groups in total. The second-order valence-corrected chi connectivity index (χ2v) is 9.54. The second-order valence-electron chi connectivity index (χ2n) is 9.54. The van der Waals surface area contributed by atoms with E-state index in [-0.39, 0.29) is 6.04 Å². The van der Waals surface area contributed by atoms with E-state index in [1.807, 2.05) is 24.3 Å². The zero-order valence-electron chi connectivity index (χ0n) is 19.7. The molecule has 3 fully saturated rings. The van der Waals surface area contributed by atoms with Crippen LogP contribution in [0.5, 0.6) is 5.75 Å². The fraction of sp³-hybridized carbons (Fsp3) is 0.414. The first-order chi connectivity index (χ1) is 16.1. The molecule has 5 atom stereocenters. The number of hydrogen-bond acceptors (Lipinski definition) is 4. The molecule has 2 bridgehead atoms. The topological polar surface area (TPSA) is 45.6 Å². The van der Waals surface area contributed by atoms with Crippen LogP contribution in [0.1, 0.15) is 43.5 Å². The van der Waals surface area contributed by atoms with Gasteiger partial charge < -0.3 is 9.84 Å². The third kappa shape index (κ3) is 3.96. The molecule has 3 aliphatic rings. The van der Waals surface area contributed by atoms with Crippen LogP contribution in [-0.2, 0) is 6.42 Å². The first-order valence-electron chi connectivity index (χ1n) is 12.2. The molecule has 0 saturated carbocycles. The van der Waals surface area contributed by atoms with E-state index in [1.54, 1.807) is 7.11 Å². The highest BCUT2D eigenvalue weighted by Crippen LogP contribution is 2.45. The van der Waals surface area contributed by atoms with Crippen molar-refractivity contribution in [2.45, 2.75) is 44.8 Å². The minimum atomic E-state index is -0.595. The van der Waals surface area contributed by atoms with E-state index in [9.17, 15) is 5.11 Å². The highest BCUT2D eigenvalue weighted by Gasteiger charge is 2.43. The molecule has 33 heavy (non-hydrogen) atoms. The van der Waals surface area contributed by atoms with Crippen LogP contribution in [0.3, 0.4) is 0 Å². The molecule has 3 aliphatic heterocycles. The van der Waals surface area contributed by atoms with Gasteiger partial charge in [0.1, 0.15) is 5.75 Å².